The van der Waals surface area contributed by atoms with Crippen molar-refractivity contribution in [2.24, 2.45) is 0 Å². The monoisotopic (exact) mass is 547 g/mol. The van der Waals surface area contributed by atoms with Crippen molar-refractivity contribution in [2.45, 2.75) is 39.0 Å². The molecule has 208 valence electrons. The molecule has 1 aliphatic rings. The first-order valence-corrected chi connectivity index (χ1v) is 13.6. The first-order valence-electron chi connectivity index (χ1n) is 12.4. The van der Waals surface area contributed by atoms with E-state index in [1.807, 2.05) is 42.3 Å². The lowest BCUT2D eigenvalue weighted by Gasteiger charge is -2.39. The quantitative estimate of drug-likeness (QED) is 0.354. The fourth-order valence-electron chi connectivity index (χ4n) is 4.08. The van der Waals surface area contributed by atoms with Crippen LogP contribution < -0.4 is 9.04 Å². The Morgan fingerprint density at radius 1 is 1.03 bits per heavy atom. The van der Waals surface area contributed by atoms with Crippen LogP contribution in [0.3, 0.4) is 0 Å². The number of thiol groups is 1. The van der Waals surface area contributed by atoms with Crippen LogP contribution in [0.15, 0.2) is 48.5 Å². The van der Waals surface area contributed by atoms with Crippen molar-refractivity contribution in [2.75, 3.05) is 51.2 Å². The van der Waals surface area contributed by atoms with Crippen LogP contribution in [0.1, 0.15) is 36.7 Å². The summed E-state index contributed by atoms with van der Waals surface area (Å²) in [4.78, 5) is 30.2. The molecule has 1 heterocycles. The van der Waals surface area contributed by atoms with Gasteiger partial charge < -0.3 is 19.1 Å². The predicted molar refractivity (Wildman–Crippen MR) is 145 cm³/mol. The summed E-state index contributed by atoms with van der Waals surface area (Å²) >= 11 is 0. The average molecular weight is 548 g/mol. The Morgan fingerprint density at radius 3 is 2.26 bits per heavy atom. The molecule has 0 radical (unpaired) electrons. The molecule has 1 fully saturated rings. The Bertz CT molecular complexity index is 1160. The van der Waals surface area contributed by atoms with Gasteiger partial charge in [-0.05, 0) is 51.6 Å². The third-order valence-corrected chi connectivity index (χ3v) is 6.88. The standard InChI is InChI=1S/C27H37N3O7S/c1-27(2,3)37-26(32)23(29-15-13-28(4)14-16-29)18-30(38(33)34)22-17-21(11-12-24(22)35-5)25(31)36-19-20-9-7-6-8-10-20/h6-12,17,23,38H,13-16,18-19H2,1-5H3. The third-order valence-electron chi connectivity index (χ3n) is 6.11. The number of anilines is 1. The molecule has 38 heavy (non-hydrogen) atoms. The van der Waals surface area contributed by atoms with Gasteiger partial charge in [0.2, 0.25) is 10.9 Å². The zero-order valence-electron chi connectivity index (χ0n) is 22.6. The van der Waals surface area contributed by atoms with Crippen LogP contribution in [-0.4, -0.2) is 88.7 Å². The summed E-state index contributed by atoms with van der Waals surface area (Å²) in [6.07, 6.45) is 0. The molecule has 3 rings (SSSR count). The molecule has 2 aromatic rings. The molecule has 0 spiro atoms. The Kier molecular flexibility index (Phi) is 10.1. The van der Waals surface area contributed by atoms with E-state index in [2.05, 4.69) is 4.90 Å². The van der Waals surface area contributed by atoms with E-state index in [1.165, 1.54) is 25.3 Å². The highest BCUT2D eigenvalue weighted by Crippen LogP contribution is 2.31. The second kappa shape index (κ2) is 13.1. The Morgan fingerprint density at radius 2 is 1.68 bits per heavy atom. The van der Waals surface area contributed by atoms with Crippen LogP contribution in [0.4, 0.5) is 5.69 Å². The van der Waals surface area contributed by atoms with Crippen LogP contribution in [0.25, 0.3) is 0 Å². The van der Waals surface area contributed by atoms with E-state index in [-0.39, 0.29) is 30.2 Å². The lowest BCUT2D eigenvalue weighted by Crippen LogP contribution is -2.56. The third kappa shape index (κ3) is 8.17. The number of likely N-dealkylation sites (N-methyl/N-ethyl adjacent to an activating group) is 1. The Balaban J connectivity index is 1.90. The normalized spacial score (nSPS) is 15.6. The number of hydrogen-bond donors (Lipinski definition) is 1. The zero-order valence-corrected chi connectivity index (χ0v) is 23.5. The number of benzene rings is 2. The Hall–Kier alpha value is -3.15. The van der Waals surface area contributed by atoms with Gasteiger partial charge in [0.05, 0.1) is 24.9 Å². The maximum atomic E-state index is 13.3. The molecular formula is C27H37N3O7S. The van der Waals surface area contributed by atoms with Crippen molar-refractivity contribution in [3.8, 4) is 5.75 Å². The predicted octanol–water partition coefficient (Wildman–Crippen LogP) is 2.34. The molecule has 1 atom stereocenters. The molecular weight excluding hydrogens is 510 g/mol. The lowest BCUT2D eigenvalue weighted by molar-refractivity contribution is -0.161. The smallest absolute Gasteiger partial charge is 0.338 e. The number of methoxy groups -OCH3 is 1. The van der Waals surface area contributed by atoms with Crippen LogP contribution in [0.2, 0.25) is 0 Å². The summed E-state index contributed by atoms with van der Waals surface area (Å²) in [5, 5.41) is 0. The summed E-state index contributed by atoms with van der Waals surface area (Å²) in [6, 6.07) is 12.8. The number of hydrogen-bond acceptors (Lipinski definition) is 9. The van der Waals surface area contributed by atoms with Crippen molar-refractivity contribution in [3.05, 3.63) is 59.7 Å². The van der Waals surface area contributed by atoms with Gasteiger partial charge >= 0.3 is 11.9 Å². The molecule has 0 aliphatic carbocycles. The highest BCUT2D eigenvalue weighted by Gasteiger charge is 2.35. The fraction of sp³-hybridized carbons (Fsp3) is 0.481. The van der Waals surface area contributed by atoms with Crippen molar-refractivity contribution in [1.82, 2.24) is 9.80 Å². The molecule has 1 unspecified atom stereocenters. The van der Waals surface area contributed by atoms with Gasteiger partial charge in [0.1, 0.15) is 24.0 Å². The highest BCUT2D eigenvalue weighted by atomic mass is 32.2. The molecule has 10 nitrogen and oxygen atoms in total. The highest BCUT2D eigenvalue weighted by molar-refractivity contribution is 7.74. The number of ether oxygens (including phenoxy) is 3. The minimum atomic E-state index is -3.20. The second-order valence-corrected chi connectivity index (χ2v) is 11.1. The van der Waals surface area contributed by atoms with Crippen molar-refractivity contribution >= 4 is 28.5 Å². The maximum Gasteiger partial charge on any atom is 0.338 e. The van der Waals surface area contributed by atoms with Gasteiger partial charge in [0.15, 0.2) is 0 Å². The zero-order chi connectivity index (χ0) is 27.9. The van der Waals surface area contributed by atoms with Crippen LogP contribution in [-0.2, 0) is 31.8 Å². The summed E-state index contributed by atoms with van der Waals surface area (Å²) in [5.41, 5.74) is 0.380. The molecule has 11 heteroatoms. The van der Waals surface area contributed by atoms with Gasteiger partial charge in [-0.1, -0.05) is 30.3 Å². The number of esters is 2. The summed E-state index contributed by atoms with van der Waals surface area (Å²) in [6.45, 7) is 7.80. The van der Waals surface area contributed by atoms with E-state index in [0.29, 0.717) is 13.1 Å². The summed E-state index contributed by atoms with van der Waals surface area (Å²) in [5.74, 6) is -0.881. The SMILES string of the molecule is COc1ccc(C(=O)OCc2ccccc2)cc1N(CC(C(=O)OC(C)(C)C)N1CCN(C)CC1)[SH](=O)=O. The van der Waals surface area contributed by atoms with Gasteiger partial charge in [-0.25, -0.2) is 13.2 Å². The van der Waals surface area contributed by atoms with Crippen LogP contribution >= 0.6 is 0 Å². The van der Waals surface area contributed by atoms with Crippen LogP contribution in [0, 0.1) is 0 Å². The van der Waals surface area contributed by atoms with Gasteiger partial charge in [-0.3, -0.25) is 14.0 Å². The van der Waals surface area contributed by atoms with E-state index < -0.39 is 34.5 Å². The molecule has 0 amide bonds. The van der Waals surface area contributed by atoms with E-state index in [0.717, 1.165) is 23.0 Å². The molecule has 0 N–H and O–H groups in total. The van der Waals surface area contributed by atoms with Gasteiger partial charge in [-0.15, -0.1) is 0 Å². The average Bonchev–Trinajstić information content (AvgIpc) is 2.87. The van der Waals surface area contributed by atoms with Crippen molar-refractivity contribution in [1.29, 1.82) is 0 Å². The summed E-state index contributed by atoms with van der Waals surface area (Å²) in [7, 11) is 0.203. The minimum absolute atomic E-state index is 0.0741. The minimum Gasteiger partial charge on any atom is -0.495 e. The second-order valence-electron chi connectivity index (χ2n) is 10.2. The number of nitrogens with zero attached hydrogens (tertiary/aromatic N) is 3. The van der Waals surface area contributed by atoms with Crippen molar-refractivity contribution < 1.29 is 32.2 Å². The first kappa shape index (κ1) is 29.4. The molecule has 1 aliphatic heterocycles. The Labute approximate surface area is 226 Å². The molecule has 0 saturated carbocycles. The van der Waals surface area contributed by atoms with E-state index in [4.69, 9.17) is 14.2 Å². The van der Waals surface area contributed by atoms with Gasteiger partial charge in [-0.2, -0.15) is 0 Å². The topological polar surface area (TPSA) is 106 Å². The molecule has 0 aromatic heterocycles. The number of piperazine rings is 1. The lowest BCUT2D eigenvalue weighted by atomic mass is 10.1. The summed E-state index contributed by atoms with van der Waals surface area (Å²) < 4.78 is 42.7. The number of carbonyl (C=O) groups is 2. The van der Waals surface area contributed by atoms with Gasteiger partial charge in [0, 0.05) is 26.2 Å². The fourth-order valence-corrected chi connectivity index (χ4v) is 4.70. The molecule has 0 bridgehead atoms. The molecule has 1 saturated heterocycles. The van der Waals surface area contributed by atoms with E-state index >= 15 is 0 Å². The number of rotatable bonds is 10. The largest absolute Gasteiger partial charge is 0.495 e. The van der Waals surface area contributed by atoms with E-state index in [9.17, 15) is 18.0 Å². The van der Waals surface area contributed by atoms with Crippen molar-refractivity contribution in [3.63, 3.8) is 0 Å². The van der Waals surface area contributed by atoms with Crippen LogP contribution in [0.5, 0.6) is 5.75 Å². The van der Waals surface area contributed by atoms with E-state index in [1.54, 1.807) is 20.8 Å². The first-order chi connectivity index (χ1) is 18.0. The maximum absolute atomic E-state index is 13.3. The molecule has 2 aromatic carbocycles. The number of carbonyl (C=O) groups excluding carboxylic acids is 2. The van der Waals surface area contributed by atoms with Gasteiger partial charge in [0.25, 0.3) is 0 Å².